The summed E-state index contributed by atoms with van der Waals surface area (Å²) in [7, 11) is 0. The number of rotatable bonds is 6. The van der Waals surface area contributed by atoms with Crippen LogP contribution in [-0.2, 0) is 4.79 Å². The highest BCUT2D eigenvalue weighted by molar-refractivity contribution is 8.01. The molecular weight excluding hydrogens is 378 g/mol. The zero-order valence-corrected chi connectivity index (χ0v) is 16.3. The van der Waals surface area contributed by atoms with E-state index < -0.39 is 0 Å². The molecule has 7 heteroatoms. The molecule has 0 radical (unpaired) electrons. The second-order valence-corrected chi connectivity index (χ2v) is 8.05. The minimum absolute atomic E-state index is 0.0775. The van der Waals surface area contributed by atoms with Crippen LogP contribution in [0.25, 0.3) is 21.1 Å². The highest BCUT2D eigenvalue weighted by Crippen LogP contribution is 2.32. The molecule has 27 heavy (non-hydrogen) atoms. The smallest absolute Gasteiger partial charge is 0.234 e. The lowest BCUT2D eigenvalue weighted by atomic mass is 10.2. The van der Waals surface area contributed by atoms with Crippen LogP contribution >= 0.6 is 23.1 Å². The number of carbonyl (C=O) groups is 1. The van der Waals surface area contributed by atoms with E-state index in [0.717, 1.165) is 31.2 Å². The highest BCUT2D eigenvalue weighted by Gasteiger charge is 2.09. The first-order chi connectivity index (χ1) is 13.2. The molecule has 0 unspecified atom stereocenters. The number of hydrogen-bond donors (Lipinski definition) is 1. The normalized spacial score (nSPS) is 11.0. The number of benzene rings is 2. The quantitative estimate of drug-likeness (QED) is 0.467. The first-order valence-electron chi connectivity index (χ1n) is 8.52. The topological polar surface area (TPSA) is 64.1 Å². The molecule has 5 nitrogen and oxygen atoms in total. The van der Waals surface area contributed by atoms with E-state index in [1.54, 1.807) is 17.5 Å². The third-order valence-electron chi connectivity index (χ3n) is 3.85. The summed E-state index contributed by atoms with van der Waals surface area (Å²) in [6, 6.07) is 15.6. The van der Waals surface area contributed by atoms with Crippen LogP contribution in [-0.4, -0.2) is 28.2 Å². The van der Waals surface area contributed by atoms with Crippen molar-refractivity contribution in [2.24, 2.45) is 0 Å². The Morgan fingerprint density at radius 3 is 2.96 bits per heavy atom. The van der Waals surface area contributed by atoms with Crippen LogP contribution in [0.4, 0.5) is 5.69 Å². The summed E-state index contributed by atoms with van der Waals surface area (Å²) in [4.78, 5) is 21.2. The monoisotopic (exact) mass is 395 g/mol. The summed E-state index contributed by atoms with van der Waals surface area (Å²) in [5.74, 6) is 1.06. The molecule has 0 fully saturated rings. The fourth-order valence-electron chi connectivity index (χ4n) is 2.67. The fraction of sp³-hybridized carbons (Fsp3) is 0.150. The maximum Gasteiger partial charge on any atom is 0.234 e. The van der Waals surface area contributed by atoms with E-state index in [0.29, 0.717) is 18.0 Å². The minimum Gasteiger partial charge on any atom is -0.494 e. The van der Waals surface area contributed by atoms with Crippen LogP contribution < -0.4 is 10.1 Å². The third kappa shape index (κ3) is 4.20. The van der Waals surface area contributed by atoms with Crippen LogP contribution in [0.2, 0.25) is 0 Å². The number of nitrogens with one attached hydrogen (secondary N) is 1. The van der Waals surface area contributed by atoms with Crippen LogP contribution in [0.1, 0.15) is 6.92 Å². The Balaban J connectivity index is 1.40. The lowest BCUT2D eigenvalue weighted by Crippen LogP contribution is -2.14. The van der Waals surface area contributed by atoms with Crippen molar-refractivity contribution in [3.8, 4) is 5.75 Å². The maximum absolute atomic E-state index is 12.3. The molecule has 0 aliphatic heterocycles. The molecule has 2 aromatic carbocycles. The second kappa shape index (κ2) is 7.94. The van der Waals surface area contributed by atoms with Crippen LogP contribution in [0, 0.1) is 0 Å². The molecule has 4 rings (SSSR count). The number of carbonyl (C=O) groups excluding carboxylic acids is 1. The van der Waals surface area contributed by atoms with Gasteiger partial charge in [-0.25, -0.2) is 4.98 Å². The average Bonchev–Trinajstić information content (AvgIpc) is 3.09. The number of anilines is 1. The molecule has 2 aromatic heterocycles. The number of nitrogens with zero attached hydrogens (tertiary/aromatic N) is 2. The Morgan fingerprint density at radius 1 is 1.19 bits per heavy atom. The summed E-state index contributed by atoms with van der Waals surface area (Å²) in [6.07, 6.45) is 1.68. The predicted molar refractivity (Wildman–Crippen MR) is 112 cm³/mol. The van der Waals surface area contributed by atoms with Crippen molar-refractivity contribution in [3.63, 3.8) is 0 Å². The van der Waals surface area contributed by atoms with Gasteiger partial charge >= 0.3 is 0 Å². The van der Waals surface area contributed by atoms with Crippen LogP contribution in [0.5, 0.6) is 5.75 Å². The molecule has 0 bridgehead atoms. The Labute approximate surface area is 164 Å². The van der Waals surface area contributed by atoms with Gasteiger partial charge in [-0.3, -0.25) is 9.78 Å². The van der Waals surface area contributed by atoms with Gasteiger partial charge < -0.3 is 10.1 Å². The first-order valence-corrected chi connectivity index (χ1v) is 10.3. The molecule has 1 amide bonds. The largest absolute Gasteiger partial charge is 0.494 e. The molecule has 1 N–H and O–H groups in total. The summed E-state index contributed by atoms with van der Waals surface area (Å²) >= 11 is 3.00. The SMILES string of the molecule is CCOc1ccc2nc(SCC(=O)Nc3cnc4ccccc4c3)sc2c1. The molecule has 0 spiro atoms. The molecule has 0 atom stereocenters. The third-order valence-corrected chi connectivity index (χ3v) is 6.01. The van der Waals surface area contributed by atoms with Crippen LogP contribution in [0.3, 0.4) is 0 Å². The molecule has 0 saturated heterocycles. The Bertz CT molecular complexity index is 1110. The van der Waals surface area contributed by atoms with Gasteiger partial charge in [-0.05, 0) is 37.3 Å². The summed E-state index contributed by atoms with van der Waals surface area (Å²) in [5.41, 5.74) is 2.53. The van der Waals surface area contributed by atoms with Gasteiger partial charge in [0, 0.05) is 5.39 Å². The van der Waals surface area contributed by atoms with E-state index in [2.05, 4.69) is 15.3 Å². The predicted octanol–water partition coefficient (Wildman–Crippen LogP) is 4.97. The van der Waals surface area contributed by atoms with Crippen molar-refractivity contribution in [2.75, 3.05) is 17.7 Å². The van der Waals surface area contributed by atoms with E-state index in [4.69, 9.17) is 4.74 Å². The van der Waals surface area contributed by atoms with Gasteiger partial charge in [0.15, 0.2) is 4.34 Å². The molecule has 2 heterocycles. The number of fused-ring (bicyclic) bond motifs is 2. The fourth-order valence-corrected chi connectivity index (χ4v) is 4.56. The molecule has 0 saturated carbocycles. The number of aromatic nitrogens is 2. The van der Waals surface area contributed by atoms with Gasteiger partial charge in [0.05, 0.1) is 40.0 Å². The Hall–Kier alpha value is -2.64. The molecule has 0 aliphatic rings. The Morgan fingerprint density at radius 2 is 2.07 bits per heavy atom. The van der Waals surface area contributed by atoms with Gasteiger partial charge in [0.1, 0.15) is 5.75 Å². The van der Waals surface area contributed by atoms with Gasteiger partial charge in [-0.1, -0.05) is 30.0 Å². The number of para-hydroxylation sites is 1. The lowest BCUT2D eigenvalue weighted by Gasteiger charge is -2.05. The van der Waals surface area contributed by atoms with E-state index >= 15 is 0 Å². The lowest BCUT2D eigenvalue weighted by molar-refractivity contribution is -0.113. The molecular formula is C20H17N3O2S2. The van der Waals surface area contributed by atoms with Crippen molar-refractivity contribution >= 4 is 55.8 Å². The van der Waals surface area contributed by atoms with Crippen molar-refractivity contribution in [2.45, 2.75) is 11.3 Å². The summed E-state index contributed by atoms with van der Waals surface area (Å²) in [5, 5.41) is 3.90. The second-order valence-electron chi connectivity index (χ2n) is 5.80. The van der Waals surface area contributed by atoms with Crippen molar-refractivity contribution in [1.82, 2.24) is 9.97 Å². The average molecular weight is 396 g/mol. The minimum atomic E-state index is -0.0775. The number of ether oxygens (including phenoxy) is 1. The number of amides is 1. The first kappa shape index (κ1) is 17.8. The van der Waals surface area contributed by atoms with E-state index in [-0.39, 0.29) is 5.91 Å². The molecule has 0 aliphatic carbocycles. The van der Waals surface area contributed by atoms with E-state index in [1.807, 2.05) is 55.5 Å². The number of thiazole rings is 1. The maximum atomic E-state index is 12.3. The van der Waals surface area contributed by atoms with E-state index in [9.17, 15) is 4.79 Å². The van der Waals surface area contributed by atoms with Crippen molar-refractivity contribution in [3.05, 3.63) is 54.7 Å². The molecule has 4 aromatic rings. The van der Waals surface area contributed by atoms with Crippen LogP contribution in [0.15, 0.2) is 59.1 Å². The van der Waals surface area contributed by atoms with Gasteiger partial charge in [0.25, 0.3) is 0 Å². The van der Waals surface area contributed by atoms with Crippen molar-refractivity contribution < 1.29 is 9.53 Å². The van der Waals surface area contributed by atoms with Gasteiger partial charge in [0.2, 0.25) is 5.91 Å². The number of thioether (sulfide) groups is 1. The summed E-state index contributed by atoms with van der Waals surface area (Å²) < 4.78 is 7.44. The number of hydrogen-bond acceptors (Lipinski definition) is 6. The van der Waals surface area contributed by atoms with E-state index in [1.165, 1.54) is 11.8 Å². The van der Waals surface area contributed by atoms with Gasteiger partial charge in [-0.2, -0.15) is 0 Å². The Kier molecular flexibility index (Phi) is 5.22. The van der Waals surface area contributed by atoms with Gasteiger partial charge in [-0.15, -0.1) is 11.3 Å². The zero-order valence-electron chi connectivity index (χ0n) is 14.6. The highest BCUT2D eigenvalue weighted by atomic mass is 32.2. The summed E-state index contributed by atoms with van der Waals surface area (Å²) in [6.45, 7) is 2.59. The molecule has 136 valence electrons. The zero-order chi connectivity index (χ0) is 18.6. The standard InChI is InChI=1S/C20H17N3O2S2/c1-2-25-15-7-8-17-18(10-15)27-20(23-17)26-12-19(24)22-14-9-13-5-3-4-6-16(13)21-11-14/h3-11H,2,12H2,1H3,(H,22,24). The van der Waals surface area contributed by atoms with Crippen molar-refractivity contribution in [1.29, 1.82) is 0 Å². The number of pyridine rings is 1.